The number of carboxylic acids is 1. The number of carbonyl (C=O) groups is 1. The van der Waals surface area contributed by atoms with Crippen LogP contribution in [0.2, 0.25) is 0 Å². The molecule has 1 N–H and O–H groups in total. The summed E-state index contributed by atoms with van der Waals surface area (Å²) in [7, 11) is 0. The van der Waals surface area contributed by atoms with Gasteiger partial charge in [0.2, 0.25) is 0 Å². The van der Waals surface area contributed by atoms with Gasteiger partial charge in [-0.05, 0) is 44.5 Å². The molecule has 0 bridgehead atoms. The number of hydrogen-bond donors (Lipinski definition) is 1. The summed E-state index contributed by atoms with van der Waals surface area (Å²) in [6, 6.07) is 9.82. The van der Waals surface area contributed by atoms with Crippen LogP contribution in [0.3, 0.4) is 0 Å². The predicted octanol–water partition coefficient (Wildman–Crippen LogP) is 3.42. The smallest absolute Gasteiger partial charge is 0.304 e. The molecule has 0 spiro atoms. The summed E-state index contributed by atoms with van der Waals surface area (Å²) < 4.78 is 5.65. The Morgan fingerprint density at radius 2 is 1.81 bits per heavy atom. The monoisotopic (exact) mass is 293 g/mol. The summed E-state index contributed by atoms with van der Waals surface area (Å²) in [5, 5.41) is 8.78. The largest absolute Gasteiger partial charge is 0.494 e. The Kier molecular flexibility index (Phi) is 9.29. The van der Waals surface area contributed by atoms with Crippen LogP contribution in [0.5, 0.6) is 5.75 Å². The Balaban J connectivity index is 2.15. The summed E-state index contributed by atoms with van der Waals surface area (Å²) in [4.78, 5) is 12.9. The van der Waals surface area contributed by atoms with Crippen molar-refractivity contribution in [3.63, 3.8) is 0 Å². The molecule has 1 aromatic carbocycles. The number of para-hydroxylation sites is 1. The van der Waals surface area contributed by atoms with Gasteiger partial charge in [-0.3, -0.25) is 4.79 Å². The first-order valence-electron chi connectivity index (χ1n) is 7.84. The van der Waals surface area contributed by atoms with Crippen molar-refractivity contribution in [2.45, 2.75) is 39.0 Å². The van der Waals surface area contributed by atoms with E-state index in [4.69, 9.17) is 9.84 Å². The molecule has 0 heterocycles. The zero-order valence-electron chi connectivity index (χ0n) is 13.0. The number of benzene rings is 1. The highest BCUT2D eigenvalue weighted by Gasteiger charge is 2.06. The molecule has 0 unspecified atom stereocenters. The van der Waals surface area contributed by atoms with Gasteiger partial charge in [0.25, 0.3) is 0 Å². The van der Waals surface area contributed by atoms with Crippen LogP contribution < -0.4 is 4.74 Å². The molecule has 1 rings (SSSR count). The van der Waals surface area contributed by atoms with E-state index in [0.29, 0.717) is 13.2 Å². The fourth-order valence-corrected chi connectivity index (χ4v) is 2.12. The van der Waals surface area contributed by atoms with E-state index >= 15 is 0 Å². The van der Waals surface area contributed by atoms with Crippen molar-refractivity contribution >= 4 is 5.97 Å². The van der Waals surface area contributed by atoms with Gasteiger partial charge in [-0.2, -0.15) is 0 Å². The second-order valence-electron chi connectivity index (χ2n) is 5.21. The first-order valence-corrected chi connectivity index (χ1v) is 7.84. The molecular weight excluding hydrogens is 266 g/mol. The average molecular weight is 293 g/mol. The van der Waals surface area contributed by atoms with E-state index in [-0.39, 0.29) is 6.42 Å². The minimum Gasteiger partial charge on any atom is -0.494 e. The number of ether oxygens (including phenoxy) is 1. The van der Waals surface area contributed by atoms with E-state index in [0.717, 1.165) is 44.5 Å². The summed E-state index contributed by atoms with van der Waals surface area (Å²) in [6.07, 6.45) is 4.52. The molecule has 0 fully saturated rings. The van der Waals surface area contributed by atoms with Gasteiger partial charge in [-0.15, -0.1) is 0 Å². The van der Waals surface area contributed by atoms with Crippen LogP contribution in [0.4, 0.5) is 0 Å². The second-order valence-corrected chi connectivity index (χ2v) is 5.21. The molecule has 21 heavy (non-hydrogen) atoms. The number of aliphatic carboxylic acids is 1. The fourth-order valence-electron chi connectivity index (χ4n) is 2.12. The lowest BCUT2D eigenvalue weighted by molar-refractivity contribution is -0.137. The quantitative estimate of drug-likeness (QED) is 0.600. The molecular formula is C17H27NO3. The molecule has 0 atom stereocenters. The van der Waals surface area contributed by atoms with Crippen LogP contribution in [-0.4, -0.2) is 42.2 Å². The Hall–Kier alpha value is -1.55. The van der Waals surface area contributed by atoms with Crippen LogP contribution in [0, 0.1) is 0 Å². The lowest BCUT2D eigenvalue weighted by atomic mass is 10.2. The van der Waals surface area contributed by atoms with E-state index < -0.39 is 5.97 Å². The molecule has 1 aromatic rings. The maximum absolute atomic E-state index is 10.7. The van der Waals surface area contributed by atoms with Crippen molar-refractivity contribution < 1.29 is 14.6 Å². The number of hydrogen-bond acceptors (Lipinski definition) is 3. The zero-order valence-corrected chi connectivity index (χ0v) is 13.0. The molecule has 4 heteroatoms. The molecule has 0 aliphatic heterocycles. The van der Waals surface area contributed by atoms with Crippen LogP contribution >= 0.6 is 0 Å². The average Bonchev–Trinajstić information content (AvgIpc) is 2.49. The van der Waals surface area contributed by atoms with Gasteiger partial charge >= 0.3 is 5.97 Å². The van der Waals surface area contributed by atoms with E-state index in [9.17, 15) is 4.79 Å². The van der Waals surface area contributed by atoms with Crippen LogP contribution in [0.25, 0.3) is 0 Å². The molecule has 4 nitrogen and oxygen atoms in total. The van der Waals surface area contributed by atoms with Gasteiger partial charge in [-0.25, -0.2) is 0 Å². The van der Waals surface area contributed by atoms with Gasteiger partial charge in [0.15, 0.2) is 0 Å². The molecule has 0 amide bonds. The first kappa shape index (κ1) is 17.5. The molecule has 118 valence electrons. The predicted molar refractivity (Wildman–Crippen MR) is 84.8 cm³/mol. The third kappa shape index (κ3) is 9.08. The zero-order chi connectivity index (χ0) is 15.3. The lowest BCUT2D eigenvalue weighted by Gasteiger charge is -2.21. The van der Waals surface area contributed by atoms with Crippen LogP contribution in [-0.2, 0) is 4.79 Å². The van der Waals surface area contributed by atoms with E-state index in [1.807, 2.05) is 30.3 Å². The van der Waals surface area contributed by atoms with Gasteiger partial charge in [0, 0.05) is 6.54 Å². The highest BCUT2D eigenvalue weighted by atomic mass is 16.5. The van der Waals surface area contributed by atoms with Gasteiger partial charge in [0.1, 0.15) is 5.75 Å². The molecule has 0 saturated carbocycles. The maximum atomic E-state index is 10.7. The van der Waals surface area contributed by atoms with Crippen molar-refractivity contribution in [2.24, 2.45) is 0 Å². The third-order valence-electron chi connectivity index (χ3n) is 3.35. The highest BCUT2D eigenvalue weighted by Crippen LogP contribution is 2.09. The Morgan fingerprint density at radius 3 is 2.48 bits per heavy atom. The Bertz CT molecular complexity index is 381. The second kappa shape index (κ2) is 11.1. The standard InChI is InChI=1S/C17H27NO3/c1-2-3-12-18(14-11-17(19)20)13-7-8-15-21-16-9-5-4-6-10-16/h4-6,9-10H,2-3,7-8,11-15H2,1H3,(H,19,20). The Labute approximate surface area is 127 Å². The van der Waals surface area contributed by atoms with Gasteiger partial charge in [-0.1, -0.05) is 31.5 Å². The topological polar surface area (TPSA) is 49.8 Å². The SMILES string of the molecule is CCCCN(CCCCOc1ccccc1)CCC(=O)O. The van der Waals surface area contributed by atoms with Crippen molar-refractivity contribution in [3.8, 4) is 5.75 Å². The minimum atomic E-state index is -0.719. The maximum Gasteiger partial charge on any atom is 0.304 e. The van der Waals surface area contributed by atoms with Crippen LogP contribution in [0.15, 0.2) is 30.3 Å². The lowest BCUT2D eigenvalue weighted by Crippen LogP contribution is -2.28. The first-order chi connectivity index (χ1) is 10.2. The number of carboxylic acid groups (broad SMARTS) is 1. The van der Waals surface area contributed by atoms with Crippen molar-refractivity contribution in [3.05, 3.63) is 30.3 Å². The normalized spacial score (nSPS) is 10.8. The minimum absolute atomic E-state index is 0.226. The number of nitrogens with zero attached hydrogens (tertiary/aromatic N) is 1. The van der Waals surface area contributed by atoms with Crippen molar-refractivity contribution in [1.29, 1.82) is 0 Å². The summed E-state index contributed by atoms with van der Waals surface area (Å²) >= 11 is 0. The van der Waals surface area contributed by atoms with E-state index in [1.54, 1.807) is 0 Å². The molecule has 0 aliphatic rings. The number of unbranched alkanes of at least 4 members (excludes halogenated alkanes) is 2. The fraction of sp³-hybridized carbons (Fsp3) is 0.588. The van der Waals surface area contributed by atoms with Crippen molar-refractivity contribution in [2.75, 3.05) is 26.2 Å². The Morgan fingerprint density at radius 1 is 1.10 bits per heavy atom. The van der Waals surface area contributed by atoms with E-state index in [2.05, 4.69) is 11.8 Å². The van der Waals surface area contributed by atoms with E-state index in [1.165, 1.54) is 0 Å². The van der Waals surface area contributed by atoms with Gasteiger partial charge in [0.05, 0.1) is 13.0 Å². The molecule has 0 saturated heterocycles. The molecule has 0 aromatic heterocycles. The molecule has 0 radical (unpaired) electrons. The van der Waals surface area contributed by atoms with Gasteiger partial charge < -0.3 is 14.7 Å². The summed E-state index contributed by atoms with van der Waals surface area (Å²) in [5.74, 6) is 0.190. The molecule has 0 aliphatic carbocycles. The summed E-state index contributed by atoms with van der Waals surface area (Å²) in [6.45, 7) is 5.46. The van der Waals surface area contributed by atoms with Crippen molar-refractivity contribution in [1.82, 2.24) is 4.90 Å². The summed E-state index contributed by atoms with van der Waals surface area (Å²) in [5.41, 5.74) is 0. The number of rotatable bonds is 12. The third-order valence-corrected chi connectivity index (χ3v) is 3.35. The highest BCUT2D eigenvalue weighted by molar-refractivity contribution is 5.66. The van der Waals surface area contributed by atoms with Crippen LogP contribution in [0.1, 0.15) is 39.0 Å².